The summed E-state index contributed by atoms with van der Waals surface area (Å²) in [5.41, 5.74) is 16.7. The number of carbonyl (C=O) groups excluding carboxylic acids is 1. The first-order chi connectivity index (χ1) is 19.4. The maximum atomic E-state index is 11.2. The van der Waals surface area contributed by atoms with E-state index >= 15 is 0 Å². The highest BCUT2D eigenvalue weighted by Crippen LogP contribution is 2.38. The van der Waals surface area contributed by atoms with Crippen LogP contribution in [-0.2, 0) is 4.74 Å². The summed E-state index contributed by atoms with van der Waals surface area (Å²) < 4.78 is 8.91. The van der Waals surface area contributed by atoms with E-state index in [0.29, 0.717) is 11.6 Å². The largest absolute Gasteiger partial charge is 0.446 e. The Labute approximate surface area is 243 Å². The predicted octanol–water partition coefficient (Wildman–Crippen LogP) is 4.06. The van der Waals surface area contributed by atoms with E-state index in [2.05, 4.69) is 26.8 Å². The number of aromatic nitrogens is 6. The van der Waals surface area contributed by atoms with E-state index in [9.17, 15) is 10.1 Å². The third-order valence-corrected chi connectivity index (χ3v) is 8.20. The summed E-state index contributed by atoms with van der Waals surface area (Å²) in [5, 5.41) is 26.3. The molecule has 13 heteroatoms. The molecular formula is C28H33ClN10O2. The summed E-state index contributed by atoms with van der Waals surface area (Å²) in [5.74, 6) is 0.237. The highest BCUT2D eigenvalue weighted by Gasteiger charge is 2.35. The molecule has 6 rings (SSSR count). The summed E-state index contributed by atoms with van der Waals surface area (Å²) >= 11 is 0. The van der Waals surface area contributed by atoms with Crippen molar-refractivity contribution in [2.45, 2.75) is 69.7 Å². The number of fused-ring (bicyclic) bond motifs is 1. The van der Waals surface area contributed by atoms with Crippen molar-refractivity contribution in [1.82, 2.24) is 29.6 Å². The van der Waals surface area contributed by atoms with Crippen LogP contribution in [-0.4, -0.2) is 53.9 Å². The van der Waals surface area contributed by atoms with Crippen LogP contribution in [0, 0.1) is 17.2 Å². The Hall–Kier alpha value is -4.21. The second-order valence-corrected chi connectivity index (χ2v) is 10.9. The molecule has 5 N–H and O–H groups in total. The van der Waals surface area contributed by atoms with Gasteiger partial charge in [0.15, 0.2) is 0 Å². The van der Waals surface area contributed by atoms with Gasteiger partial charge in [-0.2, -0.15) is 10.4 Å². The van der Waals surface area contributed by atoms with Crippen LogP contribution in [0.1, 0.15) is 57.1 Å². The van der Waals surface area contributed by atoms with Crippen molar-refractivity contribution < 1.29 is 9.53 Å². The lowest BCUT2D eigenvalue weighted by Gasteiger charge is -2.39. The normalized spacial score (nSPS) is 22.7. The zero-order chi connectivity index (χ0) is 27.8. The number of hydrogen-bond donors (Lipinski definition) is 3. The van der Waals surface area contributed by atoms with Crippen molar-refractivity contribution in [2.75, 3.05) is 5.32 Å². The monoisotopic (exact) mass is 576 g/mol. The molecule has 12 nitrogen and oxygen atoms in total. The second kappa shape index (κ2) is 11.7. The topological polar surface area (TPSA) is 175 Å². The molecule has 1 amide bonds. The predicted molar refractivity (Wildman–Crippen MR) is 155 cm³/mol. The number of halogens is 1. The Morgan fingerprint density at radius 3 is 2.68 bits per heavy atom. The van der Waals surface area contributed by atoms with Crippen molar-refractivity contribution in [3.05, 3.63) is 48.4 Å². The lowest BCUT2D eigenvalue weighted by molar-refractivity contribution is 0.0452. The van der Waals surface area contributed by atoms with Gasteiger partial charge in [0.05, 0.1) is 40.9 Å². The summed E-state index contributed by atoms with van der Waals surface area (Å²) in [6.07, 6.45) is 10.0. The minimum absolute atomic E-state index is 0. The molecule has 2 aliphatic rings. The number of nitrogens with zero attached hydrogens (tertiary/aromatic N) is 7. The Kier molecular flexibility index (Phi) is 8.10. The molecule has 0 bridgehead atoms. The number of nitriles is 1. The SMILES string of the molecule is CC(OC(N)=O)C1CC(Nc2cc(-c3ccc4cc(C#N)cnn34)ncc2-c2cn(C3CCC(N)CC3)nn2)C1.Cl. The first-order valence-corrected chi connectivity index (χ1v) is 13.7. The van der Waals surface area contributed by atoms with Gasteiger partial charge in [-0.15, -0.1) is 17.5 Å². The summed E-state index contributed by atoms with van der Waals surface area (Å²) in [6.45, 7) is 1.88. The number of ether oxygens (including phenoxy) is 1. The molecule has 0 aliphatic heterocycles. The number of pyridine rings is 1. The van der Waals surface area contributed by atoms with E-state index < -0.39 is 6.09 Å². The first kappa shape index (κ1) is 28.3. The summed E-state index contributed by atoms with van der Waals surface area (Å²) in [7, 11) is 0. The van der Waals surface area contributed by atoms with Gasteiger partial charge in [0, 0.05) is 29.5 Å². The number of anilines is 1. The van der Waals surface area contributed by atoms with Crippen LogP contribution >= 0.6 is 12.4 Å². The Bertz CT molecular complexity index is 1580. The van der Waals surface area contributed by atoms with Gasteiger partial charge in [0.2, 0.25) is 0 Å². The first-order valence-electron chi connectivity index (χ1n) is 13.7. The fourth-order valence-corrected chi connectivity index (χ4v) is 5.78. The smallest absolute Gasteiger partial charge is 0.404 e. The molecule has 0 spiro atoms. The van der Waals surface area contributed by atoms with Gasteiger partial charge in [-0.3, -0.25) is 4.98 Å². The molecule has 4 aromatic rings. The molecule has 2 fully saturated rings. The Balaban J connectivity index is 0.00000337. The molecule has 0 aromatic carbocycles. The van der Waals surface area contributed by atoms with Crippen molar-refractivity contribution in [1.29, 1.82) is 5.26 Å². The quantitative estimate of drug-likeness (QED) is 0.293. The number of hydrogen-bond acceptors (Lipinski definition) is 9. The third kappa shape index (κ3) is 5.82. The van der Waals surface area contributed by atoms with E-state index in [1.165, 1.54) is 0 Å². The van der Waals surface area contributed by atoms with E-state index in [1.54, 1.807) is 16.8 Å². The van der Waals surface area contributed by atoms with Gasteiger partial charge >= 0.3 is 6.09 Å². The Morgan fingerprint density at radius 2 is 1.95 bits per heavy atom. The zero-order valence-electron chi connectivity index (χ0n) is 22.7. The minimum Gasteiger partial charge on any atom is -0.446 e. The average Bonchev–Trinajstić information content (AvgIpc) is 3.57. The van der Waals surface area contributed by atoms with Crippen molar-refractivity contribution in [2.24, 2.45) is 17.4 Å². The van der Waals surface area contributed by atoms with Crippen LogP contribution in [0.2, 0.25) is 0 Å². The van der Waals surface area contributed by atoms with Crippen LogP contribution in [0.5, 0.6) is 0 Å². The molecule has 0 saturated heterocycles. The number of amides is 1. The van der Waals surface area contributed by atoms with Crippen molar-refractivity contribution in [3.63, 3.8) is 0 Å². The van der Waals surface area contributed by atoms with E-state index in [1.807, 2.05) is 42.2 Å². The average molecular weight is 577 g/mol. The third-order valence-electron chi connectivity index (χ3n) is 8.20. The van der Waals surface area contributed by atoms with Gasteiger partial charge in [-0.1, -0.05) is 5.21 Å². The van der Waals surface area contributed by atoms with E-state index in [-0.39, 0.29) is 36.5 Å². The molecule has 41 heavy (non-hydrogen) atoms. The standard InChI is InChI=1S/C28H32N10O2.ClH/c1-16(40-28(31)39)18-9-20(10-18)34-24-11-25(27-7-6-22-8-17(12-29)13-33-38(22)27)32-14-23(24)26-15-37(36-35-26)21-4-2-19(30)3-5-21;/h6-8,11,13-16,18-21H,2-5,9-10,30H2,1H3,(H2,31,39)(H,32,34);1H. The molecule has 214 valence electrons. The molecule has 2 saturated carbocycles. The Morgan fingerprint density at radius 1 is 1.17 bits per heavy atom. The molecule has 2 aliphatic carbocycles. The fourth-order valence-electron chi connectivity index (χ4n) is 5.78. The lowest BCUT2D eigenvalue weighted by Crippen LogP contribution is -2.42. The highest BCUT2D eigenvalue weighted by atomic mass is 35.5. The van der Waals surface area contributed by atoms with Gasteiger partial charge < -0.3 is 21.5 Å². The number of rotatable bonds is 7. The number of primary amides is 1. The second-order valence-electron chi connectivity index (χ2n) is 10.9. The van der Waals surface area contributed by atoms with Gasteiger partial charge in [-0.05, 0) is 75.6 Å². The molecule has 4 aromatic heterocycles. The van der Waals surface area contributed by atoms with Crippen LogP contribution < -0.4 is 16.8 Å². The minimum atomic E-state index is -0.747. The maximum Gasteiger partial charge on any atom is 0.404 e. The van der Waals surface area contributed by atoms with Crippen LogP contribution in [0.3, 0.4) is 0 Å². The molecular weight excluding hydrogens is 544 g/mol. The van der Waals surface area contributed by atoms with E-state index in [0.717, 1.165) is 72.4 Å². The summed E-state index contributed by atoms with van der Waals surface area (Å²) in [4.78, 5) is 16.0. The molecule has 0 radical (unpaired) electrons. The lowest BCUT2D eigenvalue weighted by atomic mass is 9.77. The molecule has 1 atom stereocenters. The fraction of sp³-hybridized carbons (Fsp3) is 0.429. The van der Waals surface area contributed by atoms with Gasteiger partial charge in [0.25, 0.3) is 0 Å². The number of nitrogens with one attached hydrogen (secondary N) is 1. The maximum absolute atomic E-state index is 11.2. The number of carbonyl (C=O) groups is 1. The van der Waals surface area contributed by atoms with Crippen molar-refractivity contribution >= 4 is 29.7 Å². The van der Waals surface area contributed by atoms with Gasteiger partial charge in [0.1, 0.15) is 17.9 Å². The molecule has 4 heterocycles. The van der Waals surface area contributed by atoms with Crippen LogP contribution in [0.15, 0.2) is 42.9 Å². The molecule has 1 unspecified atom stereocenters. The summed E-state index contributed by atoms with van der Waals surface area (Å²) in [6, 6.07) is 10.5. The number of nitrogens with two attached hydrogens (primary N) is 2. The van der Waals surface area contributed by atoms with Crippen molar-refractivity contribution in [3.8, 4) is 28.7 Å². The van der Waals surface area contributed by atoms with Crippen LogP contribution in [0.25, 0.3) is 28.2 Å². The highest BCUT2D eigenvalue weighted by molar-refractivity contribution is 5.85. The van der Waals surface area contributed by atoms with E-state index in [4.69, 9.17) is 21.2 Å². The zero-order valence-corrected chi connectivity index (χ0v) is 23.5. The van der Waals surface area contributed by atoms with Gasteiger partial charge in [-0.25, -0.2) is 14.0 Å². The van der Waals surface area contributed by atoms with Crippen LogP contribution in [0.4, 0.5) is 10.5 Å².